The topological polar surface area (TPSA) is 92.5 Å². The molecular formula is C9H13N3O4S. The normalized spacial score (nSPS) is 21.8. The van der Waals surface area contributed by atoms with Gasteiger partial charge in [-0.2, -0.15) is 4.31 Å². The Kier molecular flexibility index (Phi) is 2.92. The molecule has 1 aromatic rings. The molecule has 1 aliphatic rings. The highest BCUT2D eigenvalue weighted by Crippen LogP contribution is 2.24. The smallest absolute Gasteiger partial charge is 0.322 e. The Balaban J connectivity index is 2.40. The van der Waals surface area contributed by atoms with E-state index in [0.29, 0.717) is 12.8 Å². The van der Waals surface area contributed by atoms with E-state index in [-0.39, 0.29) is 11.7 Å². The number of aryl methyl sites for hydroxylation is 1. The quantitative estimate of drug-likeness (QED) is 0.801. The second-order valence-corrected chi connectivity index (χ2v) is 5.72. The van der Waals surface area contributed by atoms with Crippen molar-refractivity contribution >= 4 is 16.0 Å². The second-order valence-electron chi connectivity index (χ2n) is 3.93. The number of rotatable bonds is 3. The van der Waals surface area contributed by atoms with E-state index < -0.39 is 22.0 Å². The van der Waals surface area contributed by atoms with Gasteiger partial charge in [0, 0.05) is 26.0 Å². The van der Waals surface area contributed by atoms with Crippen LogP contribution in [0, 0.1) is 0 Å². The fraction of sp³-hybridized carbons (Fsp3) is 0.556. The molecule has 1 fully saturated rings. The Bertz CT molecular complexity index is 536. The summed E-state index contributed by atoms with van der Waals surface area (Å²) in [6.45, 7) is 0.228. The van der Waals surface area contributed by atoms with Crippen LogP contribution in [0.15, 0.2) is 17.6 Å². The third kappa shape index (κ3) is 1.93. The Hall–Kier alpha value is -1.41. The molecule has 1 aliphatic heterocycles. The van der Waals surface area contributed by atoms with E-state index in [1.54, 1.807) is 7.05 Å². The minimum Gasteiger partial charge on any atom is -0.480 e. The number of nitrogens with zero attached hydrogens (tertiary/aromatic N) is 3. The summed E-state index contributed by atoms with van der Waals surface area (Å²) in [4.78, 5) is 14.7. The lowest BCUT2D eigenvalue weighted by atomic mass is 10.2. The third-order valence-corrected chi connectivity index (χ3v) is 4.71. The molecule has 1 saturated heterocycles. The molecule has 1 atom stereocenters. The molecule has 17 heavy (non-hydrogen) atoms. The first-order valence-electron chi connectivity index (χ1n) is 5.16. The van der Waals surface area contributed by atoms with Gasteiger partial charge in [-0.1, -0.05) is 0 Å². The van der Waals surface area contributed by atoms with Gasteiger partial charge in [0.25, 0.3) is 10.0 Å². The molecule has 0 spiro atoms. The van der Waals surface area contributed by atoms with Crippen molar-refractivity contribution in [3.8, 4) is 0 Å². The fourth-order valence-corrected chi connectivity index (χ4v) is 3.71. The van der Waals surface area contributed by atoms with Crippen molar-refractivity contribution in [1.82, 2.24) is 13.9 Å². The monoisotopic (exact) mass is 259 g/mol. The number of imidazole rings is 1. The van der Waals surface area contributed by atoms with Crippen LogP contribution in [-0.4, -0.2) is 45.9 Å². The van der Waals surface area contributed by atoms with E-state index in [2.05, 4.69) is 4.98 Å². The number of aromatic nitrogens is 2. The zero-order valence-electron chi connectivity index (χ0n) is 9.28. The molecule has 94 valence electrons. The van der Waals surface area contributed by atoms with Crippen molar-refractivity contribution in [1.29, 1.82) is 0 Å². The Morgan fingerprint density at radius 3 is 2.82 bits per heavy atom. The molecule has 0 amide bonds. The third-order valence-electron chi connectivity index (χ3n) is 2.81. The molecular weight excluding hydrogens is 246 g/mol. The summed E-state index contributed by atoms with van der Waals surface area (Å²) in [6.07, 6.45) is 3.79. The summed E-state index contributed by atoms with van der Waals surface area (Å²) in [5.41, 5.74) is 0. The SMILES string of the molecule is Cn1ccnc1S(=O)(=O)N1CCC[C@H]1C(=O)O. The zero-order chi connectivity index (χ0) is 12.6. The molecule has 0 saturated carbocycles. The molecule has 2 rings (SSSR count). The summed E-state index contributed by atoms with van der Waals surface area (Å²) in [5, 5.41) is 8.86. The molecule has 0 aromatic carbocycles. The van der Waals surface area contributed by atoms with Crippen molar-refractivity contribution in [2.75, 3.05) is 6.54 Å². The molecule has 1 N–H and O–H groups in total. The Morgan fingerprint density at radius 1 is 1.59 bits per heavy atom. The van der Waals surface area contributed by atoms with Crippen LogP contribution in [0.3, 0.4) is 0 Å². The number of hydrogen-bond acceptors (Lipinski definition) is 4. The van der Waals surface area contributed by atoms with Crippen LogP contribution in [-0.2, 0) is 21.9 Å². The minimum absolute atomic E-state index is 0.120. The van der Waals surface area contributed by atoms with Crippen LogP contribution in [0.5, 0.6) is 0 Å². The van der Waals surface area contributed by atoms with Crippen molar-refractivity contribution in [2.24, 2.45) is 7.05 Å². The van der Waals surface area contributed by atoms with Gasteiger partial charge in [0.1, 0.15) is 6.04 Å². The standard InChI is InChI=1S/C9H13N3O4S/c1-11-6-4-10-9(11)17(15,16)12-5-2-3-7(12)8(13)14/h4,6-7H,2-3,5H2,1H3,(H,13,14)/t7-/m0/s1. The van der Waals surface area contributed by atoms with Gasteiger partial charge in [0.15, 0.2) is 0 Å². The van der Waals surface area contributed by atoms with Crippen LogP contribution in [0.25, 0.3) is 0 Å². The van der Waals surface area contributed by atoms with E-state index in [4.69, 9.17) is 5.11 Å². The van der Waals surface area contributed by atoms with Crippen LogP contribution in [0.4, 0.5) is 0 Å². The largest absolute Gasteiger partial charge is 0.480 e. The van der Waals surface area contributed by atoms with Crippen LogP contribution >= 0.6 is 0 Å². The number of carboxylic acids is 1. The Morgan fingerprint density at radius 2 is 2.29 bits per heavy atom. The van der Waals surface area contributed by atoms with Crippen molar-refractivity contribution < 1.29 is 18.3 Å². The maximum absolute atomic E-state index is 12.2. The zero-order valence-corrected chi connectivity index (χ0v) is 10.1. The predicted molar refractivity (Wildman–Crippen MR) is 57.8 cm³/mol. The molecule has 0 unspecified atom stereocenters. The summed E-state index contributed by atoms with van der Waals surface area (Å²) < 4.78 is 26.8. The highest BCUT2D eigenvalue weighted by Gasteiger charge is 2.41. The first-order chi connectivity index (χ1) is 7.94. The van der Waals surface area contributed by atoms with E-state index >= 15 is 0 Å². The van der Waals surface area contributed by atoms with Crippen molar-refractivity contribution in [3.63, 3.8) is 0 Å². The molecule has 0 bridgehead atoms. The van der Waals surface area contributed by atoms with E-state index in [9.17, 15) is 13.2 Å². The average molecular weight is 259 g/mol. The summed E-state index contributed by atoms with van der Waals surface area (Å²) >= 11 is 0. The molecule has 0 aliphatic carbocycles. The van der Waals surface area contributed by atoms with Crippen LogP contribution in [0.1, 0.15) is 12.8 Å². The van der Waals surface area contributed by atoms with Gasteiger partial charge in [-0.3, -0.25) is 4.79 Å². The first kappa shape index (κ1) is 12.1. The molecule has 2 heterocycles. The fourth-order valence-electron chi connectivity index (χ4n) is 1.98. The van der Waals surface area contributed by atoms with E-state index in [0.717, 1.165) is 4.31 Å². The van der Waals surface area contributed by atoms with E-state index in [1.165, 1.54) is 17.0 Å². The number of aliphatic carboxylic acids is 1. The lowest BCUT2D eigenvalue weighted by Gasteiger charge is -2.20. The number of carboxylic acid groups (broad SMARTS) is 1. The molecule has 0 radical (unpaired) electrons. The Labute approximate surface area is 98.7 Å². The number of carbonyl (C=O) groups is 1. The number of hydrogen-bond donors (Lipinski definition) is 1. The average Bonchev–Trinajstić information content (AvgIpc) is 2.84. The van der Waals surface area contributed by atoms with Gasteiger partial charge < -0.3 is 9.67 Å². The maximum Gasteiger partial charge on any atom is 0.322 e. The van der Waals surface area contributed by atoms with Crippen molar-refractivity contribution in [3.05, 3.63) is 12.4 Å². The molecule has 1 aromatic heterocycles. The summed E-state index contributed by atoms with van der Waals surface area (Å²) in [7, 11) is -2.25. The maximum atomic E-state index is 12.2. The summed E-state index contributed by atoms with van der Waals surface area (Å²) in [5.74, 6) is -1.11. The number of sulfonamides is 1. The van der Waals surface area contributed by atoms with Gasteiger partial charge in [-0.25, -0.2) is 13.4 Å². The van der Waals surface area contributed by atoms with Gasteiger partial charge in [0.2, 0.25) is 5.16 Å². The van der Waals surface area contributed by atoms with Crippen molar-refractivity contribution in [2.45, 2.75) is 24.0 Å². The first-order valence-corrected chi connectivity index (χ1v) is 6.60. The molecule has 8 heteroatoms. The van der Waals surface area contributed by atoms with Gasteiger partial charge in [-0.05, 0) is 12.8 Å². The van der Waals surface area contributed by atoms with Gasteiger partial charge in [-0.15, -0.1) is 0 Å². The lowest BCUT2D eigenvalue weighted by Crippen LogP contribution is -2.41. The summed E-state index contributed by atoms with van der Waals surface area (Å²) in [6, 6.07) is -0.975. The highest BCUT2D eigenvalue weighted by atomic mass is 32.2. The second kappa shape index (κ2) is 4.11. The predicted octanol–water partition coefficient (Wildman–Crippen LogP) is -0.342. The van der Waals surface area contributed by atoms with Gasteiger partial charge in [0.05, 0.1) is 0 Å². The van der Waals surface area contributed by atoms with Gasteiger partial charge >= 0.3 is 5.97 Å². The van der Waals surface area contributed by atoms with E-state index in [1.807, 2.05) is 0 Å². The van der Waals surface area contributed by atoms with Crippen LogP contribution in [0.2, 0.25) is 0 Å². The minimum atomic E-state index is -3.82. The molecule has 7 nitrogen and oxygen atoms in total. The lowest BCUT2D eigenvalue weighted by molar-refractivity contribution is -0.140. The highest BCUT2D eigenvalue weighted by molar-refractivity contribution is 7.89. The van der Waals surface area contributed by atoms with Crippen LogP contribution < -0.4 is 0 Å².